The number of thiazole rings is 1. The maximum Gasteiger partial charge on any atom is 0.0951 e. The van der Waals surface area contributed by atoms with Gasteiger partial charge in [0.15, 0.2) is 0 Å². The van der Waals surface area contributed by atoms with Gasteiger partial charge in [0.2, 0.25) is 0 Å². The highest BCUT2D eigenvalue weighted by molar-refractivity contribution is 7.11. The second-order valence-electron chi connectivity index (χ2n) is 4.16. The smallest absolute Gasteiger partial charge is 0.0951 e. The molecule has 1 heterocycles. The monoisotopic (exact) mass is 199 g/mol. The second kappa shape index (κ2) is 3.39. The Morgan fingerprint density at radius 1 is 1.38 bits per heavy atom. The quantitative estimate of drug-likeness (QED) is 0.794. The molecule has 0 fully saturated rings. The lowest BCUT2D eigenvalue weighted by atomic mass is 10.0. The van der Waals surface area contributed by atoms with Crippen molar-refractivity contribution < 1.29 is 5.11 Å². The Labute approximate surface area is 83.6 Å². The van der Waals surface area contributed by atoms with Crippen molar-refractivity contribution in [2.24, 2.45) is 0 Å². The Kier molecular flexibility index (Phi) is 2.78. The van der Waals surface area contributed by atoms with Crippen LogP contribution in [0.2, 0.25) is 0 Å². The fourth-order valence-corrected chi connectivity index (χ4v) is 2.35. The van der Waals surface area contributed by atoms with Crippen LogP contribution in [0, 0.1) is 6.92 Å². The van der Waals surface area contributed by atoms with Gasteiger partial charge in [-0.05, 0) is 26.7 Å². The summed E-state index contributed by atoms with van der Waals surface area (Å²) < 4.78 is 0. The molecule has 74 valence electrons. The molecular formula is C10H17NOS. The molecule has 1 N–H and O–H groups in total. The van der Waals surface area contributed by atoms with Crippen LogP contribution in [0.5, 0.6) is 0 Å². The first-order chi connectivity index (χ1) is 5.82. The number of hydrogen-bond acceptors (Lipinski definition) is 3. The van der Waals surface area contributed by atoms with Gasteiger partial charge in [0.25, 0.3) is 0 Å². The second-order valence-corrected chi connectivity index (χ2v) is 5.36. The SMILES string of the molecule is Cc1nc(C(C)C)c(C(C)(C)O)s1. The van der Waals surface area contributed by atoms with E-state index in [0.29, 0.717) is 5.92 Å². The summed E-state index contributed by atoms with van der Waals surface area (Å²) in [5.74, 6) is 0.381. The van der Waals surface area contributed by atoms with E-state index in [1.54, 1.807) is 11.3 Å². The van der Waals surface area contributed by atoms with Crippen LogP contribution in [0.25, 0.3) is 0 Å². The van der Waals surface area contributed by atoms with Crippen molar-refractivity contribution in [1.29, 1.82) is 0 Å². The molecule has 3 heteroatoms. The largest absolute Gasteiger partial charge is 0.385 e. The average Bonchev–Trinajstić information content (AvgIpc) is 2.29. The fourth-order valence-electron chi connectivity index (χ4n) is 1.27. The van der Waals surface area contributed by atoms with Crippen LogP contribution in [0.3, 0.4) is 0 Å². The van der Waals surface area contributed by atoms with Crippen LogP contribution in [-0.4, -0.2) is 10.1 Å². The number of aromatic nitrogens is 1. The minimum Gasteiger partial charge on any atom is -0.385 e. The van der Waals surface area contributed by atoms with E-state index in [1.807, 2.05) is 20.8 Å². The first-order valence-electron chi connectivity index (χ1n) is 4.52. The Balaban J connectivity index is 3.20. The molecule has 1 aromatic rings. The zero-order valence-corrected chi connectivity index (χ0v) is 9.70. The summed E-state index contributed by atoms with van der Waals surface area (Å²) in [6.45, 7) is 9.80. The molecule has 0 spiro atoms. The van der Waals surface area contributed by atoms with E-state index in [0.717, 1.165) is 15.6 Å². The van der Waals surface area contributed by atoms with Crippen molar-refractivity contribution in [1.82, 2.24) is 4.98 Å². The maximum absolute atomic E-state index is 9.90. The van der Waals surface area contributed by atoms with Gasteiger partial charge in [-0.3, -0.25) is 0 Å². The number of rotatable bonds is 2. The molecule has 0 aromatic carbocycles. The summed E-state index contributed by atoms with van der Waals surface area (Å²) in [7, 11) is 0. The predicted molar refractivity (Wildman–Crippen MR) is 56.2 cm³/mol. The van der Waals surface area contributed by atoms with Gasteiger partial charge in [-0.2, -0.15) is 0 Å². The zero-order valence-electron chi connectivity index (χ0n) is 8.88. The number of aliphatic hydroxyl groups is 1. The van der Waals surface area contributed by atoms with E-state index in [-0.39, 0.29) is 0 Å². The first kappa shape index (κ1) is 10.7. The number of hydrogen-bond donors (Lipinski definition) is 1. The van der Waals surface area contributed by atoms with Gasteiger partial charge in [0, 0.05) is 0 Å². The van der Waals surface area contributed by atoms with Crippen LogP contribution in [0.15, 0.2) is 0 Å². The molecule has 0 saturated heterocycles. The van der Waals surface area contributed by atoms with Crippen LogP contribution in [-0.2, 0) is 5.60 Å². The molecule has 0 unspecified atom stereocenters. The van der Waals surface area contributed by atoms with Gasteiger partial charge < -0.3 is 5.11 Å². The molecular weight excluding hydrogens is 182 g/mol. The topological polar surface area (TPSA) is 33.1 Å². The maximum atomic E-state index is 9.90. The highest BCUT2D eigenvalue weighted by Crippen LogP contribution is 2.33. The molecule has 1 aromatic heterocycles. The van der Waals surface area contributed by atoms with Gasteiger partial charge in [0.1, 0.15) is 0 Å². The lowest BCUT2D eigenvalue weighted by molar-refractivity contribution is 0.0811. The van der Waals surface area contributed by atoms with E-state index in [9.17, 15) is 5.11 Å². The average molecular weight is 199 g/mol. The van der Waals surface area contributed by atoms with E-state index in [1.165, 1.54) is 0 Å². The Bertz CT molecular complexity index is 296. The molecule has 1 rings (SSSR count). The van der Waals surface area contributed by atoms with E-state index < -0.39 is 5.60 Å². The summed E-state index contributed by atoms with van der Waals surface area (Å²) in [5.41, 5.74) is 0.279. The van der Waals surface area contributed by atoms with E-state index in [4.69, 9.17) is 0 Å². The molecule has 2 nitrogen and oxygen atoms in total. The molecule has 0 aliphatic carbocycles. The summed E-state index contributed by atoms with van der Waals surface area (Å²) in [5, 5.41) is 10.9. The van der Waals surface area contributed by atoms with Gasteiger partial charge in [-0.1, -0.05) is 13.8 Å². The van der Waals surface area contributed by atoms with Gasteiger partial charge >= 0.3 is 0 Å². The van der Waals surface area contributed by atoms with Crippen molar-refractivity contribution in [3.05, 3.63) is 15.6 Å². The van der Waals surface area contributed by atoms with Crippen LogP contribution < -0.4 is 0 Å². The van der Waals surface area contributed by atoms with E-state index >= 15 is 0 Å². The third kappa shape index (κ3) is 2.29. The zero-order chi connectivity index (χ0) is 10.2. The predicted octanol–water partition coefficient (Wildman–Crippen LogP) is 2.80. The van der Waals surface area contributed by atoms with Crippen molar-refractivity contribution >= 4 is 11.3 Å². The van der Waals surface area contributed by atoms with Gasteiger partial charge in [-0.25, -0.2) is 4.98 Å². The molecule has 0 atom stereocenters. The summed E-state index contributed by atoms with van der Waals surface area (Å²) in [6.07, 6.45) is 0. The normalized spacial score (nSPS) is 12.5. The van der Waals surface area contributed by atoms with Crippen molar-refractivity contribution in [2.45, 2.75) is 46.1 Å². The van der Waals surface area contributed by atoms with Gasteiger partial charge in [0.05, 0.1) is 21.2 Å². The standard InChI is InChI=1S/C10H17NOS/c1-6(2)8-9(10(4,5)12)13-7(3)11-8/h6,12H,1-5H3. The first-order valence-corrected chi connectivity index (χ1v) is 5.34. The Morgan fingerprint density at radius 2 is 1.92 bits per heavy atom. The van der Waals surface area contributed by atoms with Crippen LogP contribution >= 0.6 is 11.3 Å². The van der Waals surface area contributed by atoms with Crippen molar-refractivity contribution in [3.8, 4) is 0 Å². The summed E-state index contributed by atoms with van der Waals surface area (Å²) in [4.78, 5) is 5.44. The lowest BCUT2D eigenvalue weighted by Crippen LogP contribution is -2.16. The molecule has 0 aliphatic rings. The third-order valence-electron chi connectivity index (χ3n) is 1.86. The minimum atomic E-state index is -0.758. The molecule has 0 aliphatic heterocycles. The van der Waals surface area contributed by atoms with Crippen molar-refractivity contribution in [3.63, 3.8) is 0 Å². The molecule has 0 amide bonds. The summed E-state index contributed by atoms with van der Waals surface area (Å²) in [6, 6.07) is 0. The lowest BCUT2D eigenvalue weighted by Gasteiger charge is -2.17. The Hall–Kier alpha value is -0.410. The molecule has 13 heavy (non-hydrogen) atoms. The molecule has 0 bridgehead atoms. The summed E-state index contributed by atoms with van der Waals surface area (Å²) >= 11 is 1.59. The Morgan fingerprint density at radius 3 is 2.23 bits per heavy atom. The number of nitrogens with zero attached hydrogens (tertiary/aromatic N) is 1. The van der Waals surface area contributed by atoms with Crippen LogP contribution in [0.4, 0.5) is 0 Å². The molecule has 0 saturated carbocycles. The van der Waals surface area contributed by atoms with Crippen LogP contribution in [0.1, 0.15) is 49.2 Å². The molecule has 0 radical (unpaired) electrons. The van der Waals surface area contributed by atoms with Gasteiger partial charge in [-0.15, -0.1) is 11.3 Å². The minimum absolute atomic E-state index is 0.381. The fraction of sp³-hybridized carbons (Fsp3) is 0.700. The van der Waals surface area contributed by atoms with Crippen molar-refractivity contribution in [2.75, 3.05) is 0 Å². The number of aryl methyl sites for hydroxylation is 1. The van der Waals surface area contributed by atoms with E-state index in [2.05, 4.69) is 18.8 Å². The highest BCUT2D eigenvalue weighted by atomic mass is 32.1. The highest BCUT2D eigenvalue weighted by Gasteiger charge is 2.25. The third-order valence-corrected chi connectivity index (χ3v) is 3.16.